The minimum atomic E-state index is -1.09. The van der Waals surface area contributed by atoms with E-state index in [1.807, 2.05) is 0 Å². The zero-order chi connectivity index (χ0) is 19.2. The van der Waals surface area contributed by atoms with Gasteiger partial charge in [-0.1, -0.05) is 0 Å². The van der Waals surface area contributed by atoms with Crippen LogP contribution in [0, 0.1) is 5.92 Å². The maximum Gasteiger partial charge on any atom is 0.408 e. The molecule has 25 heavy (non-hydrogen) atoms. The van der Waals surface area contributed by atoms with Crippen LogP contribution < -0.4 is 10.6 Å². The number of rotatable bonds is 5. The summed E-state index contributed by atoms with van der Waals surface area (Å²) in [5, 5.41) is 13.4. The van der Waals surface area contributed by atoms with Gasteiger partial charge in [0, 0.05) is 19.0 Å². The molecule has 1 aliphatic rings. The normalized spacial score (nSPS) is 16.7. The fraction of sp³-hybridized carbons (Fsp3) is 0.750. The first kappa shape index (κ1) is 20.7. The Morgan fingerprint density at radius 1 is 1.20 bits per heavy atom. The van der Waals surface area contributed by atoms with Gasteiger partial charge in [-0.3, -0.25) is 14.4 Å². The Morgan fingerprint density at radius 3 is 2.24 bits per heavy atom. The van der Waals surface area contributed by atoms with Gasteiger partial charge in [-0.2, -0.15) is 0 Å². The van der Waals surface area contributed by atoms with Gasteiger partial charge in [0.15, 0.2) is 0 Å². The van der Waals surface area contributed by atoms with Crippen LogP contribution in [0.2, 0.25) is 0 Å². The monoisotopic (exact) mass is 357 g/mol. The SMILES string of the molecule is CC(NC(=O)OC(C)(C)C)C(=O)N1CCC(C(=O)NCC(=O)O)CC1. The van der Waals surface area contributed by atoms with Crippen molar-refractivity contribution in [1.82, 2.24) is 15.5 Å². The van der Waals surface area contributed by atoms with Crippen molar-refractivity contribution in [3.05, 3.63) is 0 Å². The summed E-state index contributed by atoms with van der Waals surface area (Å²) in [6.07, 6.45) is 0.253. The number of hydrogen-bond acceptors (Lipinski definition) is 5. The van der Waals surface area contributed by atoms with E-state index in [0.29, 0.717) is 25.9 Å². The molecule has 3 amide bonds. The van der Waals surface area contributed by atoms with E-state index in [1.54, 1.807) is 32.6 Å². The lowest BCUT2D eigenvalue weighted by Gasteiger charge is -2.33. The quantitative estimate of drug-likeness (QED) is 0.651. The third-order valence-electron chi connectivity index (χ3n) is 3.69. The molecule has 1 aliphatic heterocycles. The van der Waals surface area contributed by atoms with Gasteiger partial charge in [0.25, 0.3) is 0 Å². The molecule has 1 atom stereocenters. The average Bonchev–Trinajstić information content (AvgIpc) is 2.50. The van der Waals surface area contributed by atoms with Gasteiger partial charge >= 0.3 is 12.1 Å². The fourth-order valence-electron chi connectivity index (χ4n) is 2.49. The van der Waals surface area contributed by atoms with Gasteiger partial charge in [0.05, 0.1) is 0 Å². The molecule has 1 unspecified atom stereocenters. The molecule has 3 N–H and O–H groups in total. The number of hydrogen-bond donors (Lipinski definition) is 3. The summed E-state index contributed by atoms with van der Waals surface area (Å²) >= 11 is 0. The first-order valence-electron chi connectivity index (χ1n) is 8.27. The molecule has 1 heterocycles. The molecule has 0 aromatic carbocycles. The van der Waals surface area contributed by atoms with Crippen molar-refractivity contribution in [3.63, 3.8) is 0 Å². The Kier molecular flexibility index (Phi) is 7.20. The van der Waals surface area contributed by atoms with Gasteiger partial charge in [-0.25, -0.2) is 4.79 Å². The van der Waals surface area contributed by atoms with Gasteiger partial charge in [0.1, 0.15) is 18.2 Å². The molecule has 1 saturated heterocycles. The highest BCUT2D eigenvalue weighted by Gasteiger charge is 2.30. The van der Waals surface area contributed by atoms with Crippen molar-refractivity contribution in [2.45, 2.75) is 52.2 Å². The number of carbonyl (C=O) groups excluding carboxylic acids is 3. The molecule has 142 valence electrons. The highest BCUT2D eigenvalue weighted by molar-refractivity contribution is 5.86. The number of nitrogens with zero attached hydrogens (tertiary/aromatic N) is 1. The van der Waals surface area contributed by atoms with Crippen LogP contribution in [0.1, 0.15) is 40.5 Å². The summed E-state index contributed by atoms with van der Waals surface area (Å²) in [5.74, 6) is -1.95. The average molecular weight is 357 g/mol. The van der Waals surface area contributed by atoms with Crippen molar-refractivity contribution in [3.8, 4) is 0 Å². The Morgan fingerprint density at radius 2 is 1.76 bits per heavy atom. The van der Waals surface area contributed by atoms with Gasteiger partial charge in [0.2, 0.25) is 11.8 Å². The molecule has 0 bridgehead atoms. The molecule has 0 aromatic rings. The summed E-state index contributed by atoms with van der Waals surface area (Å²) in [5.41, 5.74) is -0.644. The minimum Gasteiger partial charge on any atom is -0.480 e. The van der Waals surface area contributed by atoms with E-state index in [0.717, 1.165) is 0 Å². The zero-order valence-electron chi connectivity index (χ0n) is 15.1. The van der Waals surface area contributed by atoms with E-state index in [2.05, 4.69) is 10.6 Å². The molecule has 0 aromatic heterocycles. The lowest BCUT2D eigenvalue weighted by atomic mass is 9.95. The number of alkyl carbamates (subject to hydrolysis) is 1. The number of nitrogens with one attached hydrogen (secondary N) is 2. The Balaban J connectivity index is 2.43. The molecule has 9 nitrogen and oxygen atoms in total. The van der Waals surface area contributed by atoms with Crippen LogP contribution in [0.25, 0.3) is 0 Å². The number of amides is 3. The van der Waals surface area contributed by atoms with Crippen molar-refractivity contribution in [2.24, 2.45) is 5.92 Å². The van der Waals surface area contributed by atoms with Crippen LogP contribution in [-0.4, -0.2) is 65.2 Å². The first-order chi connectivity index (χ1) is 11.5. The van der Waals surface area contributed by atoms with E-state index >= 15 is 0 Å². The van der Waals surface area contributed by atoms with Crippen LogP contribution in [-0.2, 0) is 19.1 Å². The number of carbonyl (C=O) groups is 4. The van der Waals surface area contributed by atoms with Crippen LogP contribution in [0.3, 0.4) is 0 Å². The topological polar surface area (TPSA) is 125 Å². The van der Waals surface area contributed by atoms with Crippen molar-refractivity contribution >= 4 is 23.9 Å². The lowest BCUT2D eigenvalue weighted by Crippen LogP contribution is -2.51. The first-order valence-corrected chi connectivity index (χ1v) is 8.27. The second-order valence-electron chi connectivity index (χ2n) is 7.08. The number of piperidine rings is 1. The third-order valence-corrected chi connectivity index (χ3v) is 3.69. The van der Waals surface area contributed by atoms with E-state index in [-0.39, 0.29) is 17.7 Å². The summed E-state index contributed by atoms with van der Waals surface area (Å²) in [6, 6.07) is -0.729. The predicted molar refractivity (Wildman–Crippen MR) is 88.8 cm³/mol. The van der Waals surface area contributed by atoms with Crippen LogP contribution >= 0.6 is 0 Å². The largest absolute Gasteiger partial charge is 0.480 e. The van der Waals surface area contributed by atoms with Crippen LogP contribution in [0.5, 0.6) is 0 Å². The fourth-order valence-corrected chi connectivity index (χ4v) is 2.49. The standard InChI is InChI=1S/C16H27N3O6/c1-10(18-15(24)25-16(2,3)4)14(23)19-7-5-11(6-8-19)13(22)17-9-12(20)21/h10-11H,5-9H2,1-4H3,(H,17,22)(H,18,24)(H,20,21). The smallest absolute Gasteiger partial charge is 0.408 e. The van der Waals surface area contributed by atoms with E-state index in [4.69, 9.17) is 9.84 Å². The molecule has 0 radical (unpaired) electrons. The predicted octanol–water partition coefficient (Wildman–Crippen LogP) is 0.339. The van der Waals surface area contributed by atoms with Crippen molar-refractivity contribution in [2.75, 3.05) is 19.6 Å². The highest BCUT2D eigenvalue weighted by atomic mass is 16.6. The van der Waals surface area contributed by atoms with E-state index < -0.39 is 30.3 Å². The van der Waals surface area contributed by atoms with Gasteiger partial charge in [-0.15, -0.1) is 0 Å². The molecular formula is C16H27N3O6. The molecule has 9 heteroatoms. The number of ether oxygens (including phenoxy) is 1. The van der Waals surface area contributed by atoms with Crippen LogP contribution in [0.15, 0.2) is 0 Å². The second kappa shape index (κ2) is 8.68. The Hall–Kier alpha value is -2.32. The zero-order valence-corrected chi connectivity index (χ0v) is 15.1. The summed E-state index contributed by atoms with van der Waals surface area (Å²) in [6.45, 7) is 7.14. The molecule has 1 fully saturated rings. The molecular weight excluding hydrogens is 330 g/mol. The summed E-state index contributed by atoms with van der Waals surface area (Å²) in [7, 11) is 0. The molecule has 0 saturated carbocycles. The number of likely N-dealkylation sites (tertiary alicyclic amines) is 1. The maximum absolute atomic E-state index is 12.4. The lowest BCUT2D eigenvalue weighted by molar-refractivity contribution is -0.139. The summed E-state index contributed by atoms with van der Waals surface area (Å²) in [4.78, 5) is 48.0. The highest BCUT2D eigenvalue weighted by Crippen LogP contribution is 2.18. The minimum absolute atomic E-state index is 0.241. The number of carboxylic acids is 1. The number of aliphatic carboxylic acids is 1. The van der Waals surface area contributed by atoms with Crippen molar-refractivity contribution in [1.29, 1.82) is 0 Å². The molecule has 0 spiro atoms. The van der Waals surface area contributed by atoms with E-state index in [9.17, 15) is 19.2 Å². The molecule has 0 aliphatic carbocycles. The third kappa shape index (κ3) is 7.40. The van der Waals surface area contributed by atoms with E-state index in [1.165, 1.54) is 0 Å². The Labute approximate surface area is 147 Å². The van der Waals surface area contributed by atoms with Gasteiger partial charge in [-0.05, 0) is 40.5 Å². The Bertz CT molecular complexity index is 520. The summed E-state index contributed by atoms with van der Waals surface area (Å²) < 4.78 is 5.12. The van der Waals surface area contributed by atoms with Crippen molar-refractivity contribution < 1.29 is 29.0 Å². The van der Waals surface area contributed by atoms with Crippen LogP contribution in [0.4, 0.5) is 4.79 Å². The van der Waals surface area contributed by atoms with Gasteiger partial charge < -0.3 is 25.4 Å². The molecule has 1 rings (SSSR count). The number of carboxylic acid groups (broad SMARTS) is 1. The maximum atomic E-state index is 12.4. The second-order valence-corrected chi connectivity index (χ2v) is 7.08.